The summed E-state index contributed by atoms with van der Waals surface area (Å²) in [6.07, 6.45) is 0. The highest BCUT2D eigenvalue weighted by Crippen LogP contribution is 2.27. The molecule has 0 aliphatic rings. The minimum Gasteiger partial charge on any atom is -0.461 e. The second-order valence-electron chi connectivity index (χ2n) is 4.39. The fraction of sp³-hybridized carbons (Fsp3) is 0.125. The topological polar surface area (TPSA) is 39.2 Å². The van der Waals surface area contributed by atoms with Gasteiger partial charge in [-0.1, -0.05) is 24.3 Å². The Kier molecular flexibility index (Phi) is 3.06. The van der Waals surface area contributed by atoms with Crippen molar-refractivity contribution in [3.8, 4) is 0 Å². The first kappa shape index (κ1) is 12.5. The van der Waals surface area contributed by atoms with Crippen LogP contribution in [0.3, 0.4) is 0 Å². The van der Waals surface area contributed by atoms with Gasteiger partial charge in [-0.15, -0.1) is 0 Å². The number of fused-ring (bicyclic) bond motifs is 3. The van der Waals surface area contributed by atoms with Crippen molar-refractivity contribution in [3.63, 3.8) is 0 Å². The van der Waals surface area contributed by atoms with Crippen LogP contribution in [-0.4, -0.2) is 17.6 Å². The van der Waals surface area contributed by atoms with Gasteiger partial charge >= 0.3 is 5.97 Å². The number of carbonyl (C=O) groups excluding carboxylic acids is 1. The number of hydrogen-bond acceptors (Lipinski definition) is 3. The Morgan fingerprint density at radius 3 is 2.75 bits per heavy atom. The molecular formula is C16H12FNO2. The number of carbonyl (C=O) groups is 1. The van der Waals surface area contributed by atoms with Crippen LogP contribution in [0.25, 0.3) is 21.7 Å². The van der Waals surface area contributed by atoms with Crippen molar-refractivity contribution in [3.05, 3.63) is 54.0 Å². The Labute approximate surface area is 115 Å². The second-order valence-corrected chi connectivity index (χ2v) is 4.39. The highest BCUT2D eigenvalue weighted by Gasteiger charge is 2.16. The van der Waals surface area contributed by atoms with Crippen LogP contribution < -0.4 is 0 Å². The van der Waals surface area contributed by atoms with Crippen molar-refractivity contribution in [1.29, 1.82) is 0 Å². The van der Waals surface area contributed by atoms with Gasteiger partial charge in [0.15, 0.2) is 5.69 Å². The molecule has 0 saturated heterocycles. The first-order valence-corrected chi connectivity index (χ1v) is 6.36. The SMILES string of the molecule is CCOC(=O)c1nc2ccccc2c2ccc(F)cc12. The van der Waals surface area contributed by atoms with E-state index < -0.39 is 11.8 Å². The molecule has 100 valence electrons. The molecule has 20 heavy (non-hydrogen) atoms. The number of ether oxygens (including phenoxy) is 1. The standard InChI is InChI=1S/C16H12FNO2/c1-2-20-16(19)15-13-9-10(17)7-8-11(13)12-5-3-4-6-14(12)18-15/h3-9H,2H2,1H3. The lowest BCUT2D eigenvalue weighted by molar-refractivity contribution is 0.0522. The summed E-state index contributed by atoms with van der Waals surface area (Å²) in [5.41, 5.74) is 0.842. The first-order chi connectivity index (χ1) is 9.70. The zero-order valence-electron chi connectivity index (χ0n) is 10.9. The van der Waals surface area contributed by atoms with Crippen molar-refractivity contribution >= 4 is 27.6 Å². The number of nitrogens with zero attached hydrogens (tertiary/aromatic N) is 1. The van der Waals surface area contributed by atoms with Crippen LogP contribution in [0.1, 0.15) is 17.4 Å². The Bertz CT molecular complexity index is 814. The molecule has 3 aromatic rings. The summed E-state index contributed by atoms with van der Waals surface area (Å²) in [5.74, 6) is -0.936. The lowest BCUT2D eigenvalue weighted by Gasteiger charge is -2.09. The maximum atomic E-state index is 13.5. The van der Waals surface area contributed by atoms with Crippen LogP contribution in [0, 0.1) is 5.82 Å². The smallest absolute Gasteiger partial charge is 0.357 e. The average Bonchev–Trinajstić information content (AvgIpc) is 2.46. The largest absolute Gasteiger partial charge is 0.461 e. The summed E-state index contributed by atoms with van der Waals surface area (Å²) < 4.78 is 18.5. The molecular weight excluding hydrogens is 257 g/mol. The summed E-state index contributed by atoms with van der Waals surface area (Å²) in [7, 11) is 0. The van der Waals surface area contributed by atoms with E-state index in [4.69, 9.17) is 4.74 Å². The highest BCUT2D eigenvalue weighted by molar-refractivity contribution is 6.13. The van der Waals surface area contributed by atoms with E-state index in [-0.39, 0.29) is 12.3 Å². The number of pyridine rings is 1. The van der Waals surface area contributed by atoms with E-state index in [0.29, 0.717) is 10.9 Å². The molecule has 3 nitrogen and oxygen atoms in total. The van der Waals surface area contributed by atoms with Crippen molar-refractivity contribution < 1.29 is 13.9 Å². The van der Waals surface area contributed by atoms with Crippen LogP contribution in [0.5, 0.6) is 0 Å². The number of esters is 1. The predicted octanol–water partition coefficient (Wildman–Crippen LogP) is 3.70. The number of rotatable bonds is 2. The highest BCUT2D eigenvalue weighted by atomic mass is 19.1. The fourth-order valence-corrected chi connectivity index (χ4v) is 2.28. The number of benzene rings is 2. The summed E-state index contributed by atoms with van der Waals surface area (Å²) in [4.78, 5) is 16.3. The molecule has 0 N–H and O–H groups in total. The summed E-state index contributed by atoms with van der Waals surface area (Å²) in [5, 5.41) is 2.15. The molecule has 0 bridgehead atoms. The molecule has 2 aromatic carbocycles. The van der Waals surface area contributed by atoms with Crippen molar-refractivity contribution in [2.45, 2.75) is 6.92 Å². The van der Waals surface area contributed by atoms with Gasteiger partial charge in [-0.05, 0) is 30.5 Å². The molecule has 1 heterocycles. The lowest BCUT2D eigenvalue weighted by atomic mass is 10.0. The molecule has 0 spiro atoms. The fourth-order valence-electron chi connectivity index (χ4n) is 2.28. The maximum absolute atomic E-state index is 13.5. The summed E-state index contributed by atoms with van der Waals surface area (Å²) >= 11 is 0. The van der Waals surface area contributed by atoms with Gasteiger partial charge in [0.2, 0.25) is 0 Å². The van der Waals surface area contributed by atoms with Gasteiger partial charge in [-0.2, -0.15) is 0 Å². The minimum absolute atomic E-state index is 0.153. The molecule has 0 radical (unpaired) electrons. The molecule has 0 saturated carbocycles. The Hall–Kier alpha value is -2.49. The molecule has 0 amide bonds. The monoisotopic (exact) mass is 269 g/mol. The third-order valence-electron chi connectivity index (χ3n) is 3.13. The predicted molar refractivity (Wildman–Crippen MR) is 75.2 cm³/mol. The van der Waals surface area contributed by atoms with Crippen molar-refractivity contribution in [1.82, 2.24) is 4.98 Å². The van der Waals surface area contributed by atoms with Gasteiger partial charge in [0.05, 0.1) is 12.1 Å². The normalized spacial score (nSPS) is 10.9. The molecule has 4 heteroatoms. The number of halogens is 1. The van der Waals surface area contributed by atoms with E-state index in [2.05, 4.69) is 4.98 Å². The number of hydrogen-bond donors (Lipinski definition) is 0. The van der Waals surface area contributed by atoms with E-state index in [0.717, 1.165) is 10.8 Å². The maximum Gasteiger partial charge on any atom is 0.357 e. The third kappa shape index (κ3) is 1.99. The van der Waals surface area contributed by atoms with Gasteiger partial charge in [-0.25, -0.2) is 14.2 Å². The molecule has 0 aliphatic carbocycles. The summed E-state index contributed by atoms with van der Waals surface area (Å²) in [6, 6.07) is 11.8. The quantitative estimate of drug-likeness (QED) is 0.526. The van der Waals surface area contributed by atoms with Gasteiger partial charge in [-0.3, -0.25) is 0 Å². The zero-order chi connectivity index (χ0) is 14.1. The van der Waals surface area contributed by atoms with E-state index in [1.807, 2.05) is 24.3 Å². The van der Waals surface area contributed by atoms with E-state index in [1.54, 1.807) is 13.0 Å². The van der Waals surface area contributed by atoms with Crippen LogP contribution in [0.15, 0.2) is 42.5 Å². The minimum atomic E-state index is -0.533. The molecule has 0 unspecified atom stereocenters. The lowest BCUT2D eigenvalue weighted by Crippen LogP contribution is -2.08. The second kappa shape index (κ2) is 4.89. The van der Waals surface area contributed by atoms with E-state index >= 15 is 0 Å². The average molecular weight is 269 g/mol. The molecule has 0 fully saturated rings. The Morgan fingerprint density at radius 1 is 1.15 bits per heavy atom. The van der Waals surface area contributed by atoms with E-state index in [9.17, 15) is 9.18 Å². The van der Waals surface area contributed by atoms with Crippen molar-refractivity contribution in [2.75, 3.05) is 6.61 Å². The zero-order valence-corrected chi connectivity index (χ0v) is 10.9. The van der Waals surface area contributed by atoms with Crippen LogP contribution >= 0.6 is 0 Å². The molecule has 0 atom stereocenters. The number of para-hydroxylation sites is 1. The molecule has 3 rings (SSSR count). The Morgan fingerprint density at radius 2 is 1.95 bits per heavy atom. The van der Waals surface area contributed by atoms with Crippen LogP contribution in [0.4, 0.5) is 4.39 Å². The third-order valence-corrected chi connectivity index (χ3v) is 3.13. The molecule has 0 aliphatic heterocycles. The van der Waals surface area contributed by atoms with Crippen LogP contribution in [0.2, 0.25) is 0 Å². The van der Waals surface area contributed by atoms with Gasteiger partial charge in [0, 0.05) is 10.8 Å². The molecule has 1 aromatic heterocycles. The van der Waals surface area contributed by atoms with Crippen molar-refractivity contribution in [2.24, 2.45) is 0 Å². The van der Waals surface area contributed by atoms with Crippen LogP contribution in [-0.2, 0) is 4.74 Å². The summed E-state index contributed by atoms with van der Waals surface area (Å²) in [6.45, 7) is 1.98. The van der Waals surface area contributed by atoms with Gasteiger partial charge in [0.25, 0.3) is 0 Å². The number of aromatic nitrogens is 1. The Balaban J connectivity index is 2.41. The van der Waals surface area contributed by atoms with Gasteiger partial charge < -0.3 is 4.74 Å². The first-order valence-electron chi connectivity index (χ1n) is 6.36. The van der Waals surface area contributed by atoms with E-state index in [1.165, 1.54) is 12.1 Å². The van der Waals surface area contributed by atoms with Gasteiger partial charge in [0.1, 0.15) is 5.82 Å².